The van der Waals surface area contributed by atoms with Crippen LogP contribution in [-0.4, -0.2) is 35.2 Å². The number of ketones is 1. The molecule has 0 amide bonds. The van der Waals surface area contributed by atoms with Gasteiger partial charge < -0.3 is 9.64 Å². The summed E-state index contributed by atoms with van der Waals surface area (Å²) in [7, 11) is 0. The Morgan fingerprint density at radius 1 is 1.00 bits per heavy atom. The van der Waals surface area contributed by atoms with Crippen molar-refractivity contribution in [2.75, 3.05) is 19.6 Å². The lowest BCUT2D eigenvalue weighted by molar-refractivity contribution is -0.384. The summed E-state index contributed by atoms with van der Waals surface area (Å²) in [5, 5.41) is 10.9. The van der Waals surface area contributed by atoms with Gasteiger partial charge in [0.05, 0.1) is 4.92 Å². The maximum absolute atomic E-state index is 13.1. The number of nitrogens with zero attached hydrogens (tertiary/aromatic N) is 2. The highest BCUT2D eigenvalue weighted by Crippen LogP contribution is 2.28. The number of nitro groups is 1. The molecular formula is C27H27FN2O4. The van der Waals surface area contributed by atoms with E-state index < -0.39 is 4.92 Å². The molecule has 0 bridgehead atoms. The van der Waals surface area contributed by atoms with Gasteiger partial charge in [-0.1, -0.05) is 30.3 Å². The first kappa shape index (κ1) is 23.6. The molecule has 0 aromatic heterocycles. The van der Waals surface area contributed by atoms with Crippen LogP contribution >= 0.6 is 0 Å². The SMILES string of the molecule is O=C(c1ccc(F)cc1)C1CCN(CCC(Oc2ccc([N+](=O)[O-])cc2)c2ccccc2)CC1. The van der Waals surface area contributed by atoms with E-state index in [2.05, 4.69) is 4.90 Å². The molecule has 1 atom stereocenters. The monoisotopic (exact) mass is 462 g/mol. The minimum Gasteiger partial charge on any atom is -0.486 e. The van der Waals surface area contributed by atoms with Gasteiger partial charge in [0, 0.05) is 36.6 Å². The van der Waals surface area contributed by atoms with E-state index in [0.717, 1.165) is 44.5 Å². The molecule has 0 N–H and O–H groups in total. The number of halogens is 1. The van der Waals surface area contributed by atoms with Crippen molar-refractivity contribution >= 4 is 11.5 Å². The predicted molar refractivity (Wildman–Crippen MR) is 127 cm³/mol. The molecule has 1 aliphatic heterocycles. The normalized spacial score (nSPS) is 15.6. The van der Waals surface area contributed by atoms with Gasteiger partial charge in [0.1, 0.15) is 17.7 Å². The molecule has 0 aliphatic carbocycles. The Labute approximate surface area is 198 Å². The van der Waals surface area contributed by atoms with Crippen LogP contribution in [0, 0.1) is 21.8 Å². The second-order valence-corrected chi connectivity index (χ2v) is 8.54. The van der Waals surface area contributed by atoms with Crippen LogP contribution in [0.2, 0.25) is 0 Å². The van der Waals surface area contributed by atoms with Crippen molar-refractivity contribution < 1.29 is 18.8 Å². The number of carbonyl (C=O) groups excluding carboxylic acids is 1. The standard InChI is InChI=1S/C27H27FN2O4/c28-23-8-6-21(7-9-23)27(31)22-14-17-29(18-15-22)19-16-26(20-4-2-1-3-5-20)34-25-12-10-24(11-13-25)30(32)33/h1-13,22,26H,14-19H2. The van der Waals surface area contributed by atoms with Crippen molar-refractivity contribution in [2.45, 2.75) is 25.4 Å². The van der Waals surface area contributed by atoms with Gasteiger partial charge in [0.15, 0.2) is 5.78 Å². The summed E-state index contributed by atoms with van der Waals surface area (Å²) in [5.41, 5.74) is 1.64. The van der Waals surface area contributed by atoms with Crippen LogP contribution in [0.4, 0.5) is 10.1 Å². The Morgan fingerprint density at radius 2 is 1.65 bits per heavy atom. The highest BCUT2D eigenvalue weighted by atomic mass is 19.1. The van der Waals surface area contributed by atoms with Gasteiger partial charge in [-0.25, -0.2) is 4.39 Å². The van der Waals surface area contributed by atoms with E-state index in [1.54, 1.807) is 24.3 Å². The van der Waals surface area contributed by atoms with E-state index in [-0.39, 0.29) is 29.3 Å². The van der Waals surface area contributed by atoms with E-state index in [9.17, 15) is 19.3 Å². The third-order valence-electron chi connectivity index (χ3n) is 6.29. The molecule has 0 radical (unpaired) electrons. The maximum Gasteiger partial charge on any atom is 0.269 e. The molecule has 1 saturated heterocycles. The number of hydrogen-bond acceptors (Lipinski definition) is 5. The van der Waals surface area contributed by atoms with Crippen LogP contribution in [0.15, 0.2) is 78.9 Å². The summed E-state index contributed by atoms with van der Waals surface area (Å²) in [4.78, 5) is 25.6. The lowest BCUT2D eigenvalue weighted by Gasteiger charge is -2.32. The number of likely N-dealkylation sites (tertiary alicyclic amines) is 1. The summed E-state index contributed by atoms with van der Waals surface area (Å²) in [5.74, 6) is 0.296. The van der Waals surface area contributed by atoms with Crippen LogP contribution in [0.25, 0.3) is 0 Å². The molecule has 34 heavy (non-hydrogen) atoms. The minimum absolute atomic E-state index is 0.0293. The van der Waals surface area contributed by atoms with Crippen LogP contribution in [0.1, 0.15) is 41.3 Å². The third-order valence-corrected chi connectivity index (χ3v) is 6.29. The predicted octanol–water partition coefficient (Wildman–Crippen LogP) is 5.84. The van der Waals surface area contributed by atoms with Crippen LogP contribution in [0.5, 0.6) is 5.75 Å². The number of hydrogen-bond donors (Lipinski definition) is 0. The molecule has 1 unspecified atom stereocenters. The maximum atomic E-state index is 13.1. The first-order chi connectivity index (χ1) is 16.5. The fourth-order valence-corrected chi connectivity index (χ4v) is 4.34. The zero-order valence-electron chi connectivity index (χ0n) is 18.8. The average molecular weight is 463 g/mol. The number of piperidine rings is 1. The molecular weight excluding hydrogens is 435 g/mol. The summed E-state index contributed by atoms with van der Waals surface area (Å²) in [6, 6.07) is 21.8. The highest BCUT2D eigenvalue weighted by molar-refractivity contribution is 5.97. The molecule has 0 saturated carbocycles. The highest BCUT2D eigenvalue weighted by Gasteiger charge is 2.26. The Balaban J connectivity index is 1.34. The average Bonchev–Trinajstić information content (AvgIpc) is 2.87. The number of nitro benzene ring substituents is 1. The fraction of sp³-hybridized carbons (Fsp3) is 0.296. The molecule has 0 spiro atoms. The largest absolute Gasteiger partial charge is 0.486 e. The topological polar surface area (TPSA) is 72.7 Å². The van der Waals surface area contributed by atoms with Gasteiger partial charge in [0.2, 0.25) is 0 Å². The number of non-ortho nitro benzene ring substituents is 1. The summed E-state index contributed by atoms with van der Waals surface area (Å²) >= 11 is 0. The van der Waals surface area contributed by atoms with Crippen molar-refractivity contribution in [3.05, 3.63) is 106 Å². The van der Waals surface area contributed by atoms with E-state index >= 15 is 0 Å². The summed E-state index contributed by atoms with van der Waals surface area (Å²) in [6.45, 7) is 2.44. The molecule has 176 valence electrons. The Hall–Kier alpha value is -3.58. The van der Waals surface area contributed by atoms with Gasteiger partial charge in [0.25, 0.3) is 5.69 Å². The molecule has 1 heterocycles. The van der Waals surface area contributed by atoms with Crippen molar-refractivity contribution in [2.24, 2.45) is 5.92 Å². The fourth-order valence-electron chi connectivity index (χ4n) is 4.34. The van der Waals surface area contributed by atoms with Gasteiger partial charge in [-0.05, 0) is 67.9 Å². The number of ether oxygens (including phenoxy) is 1. The lowest BCUT2D eigenvalue weighted by atomic mass is 9.88. The Kier molecular flexibility index (Phi) is 7.65. The van der Waals surface area contributed by atoms with E-state index in [0.29, 0.717) is 11.3 Å². The second-order valence-electron chi connectivity index (χ2n) is 8.54. The Morgan fingerprint density at radius 3 is 2.26 bits per heavy atom. The number of Topliss-reactive ketones (excluding diaryl/α,β-unsaturated/α-hetero) is 1. The third kappa shape index (κ3) is 6.05. The van der Waals surface area contributed by atoms with E-state index in [4.69, 9.17) is 4.74 Å². The van der Waals surface area contributed by atoms with Crippen molar-refractivity contribution in [1.82, 2.24) is 4.90 Å². The zero-order valence-corrected chi connectivity index (χ0v) is 18.8. The molecule has 1 aliphatic rings. The van der Waals surface area contributed by atoms with Gasteiger partial charge in [-0.15, -0.1) is 0 Å². The van der Waals surface area contributed by atoms with Gasteiger partial charge >= 0.3 is 0 Å². The van der Waals surface area contributed by atoms with Crippen molar-refractivity contribution in [3.63, 3.8) is 0 Å². The molecule has 1 fully saturated rings. The summed E-state index contributed by atoms with van der Waals surface area (Å²) in [6.07, 6.45) is 2.10. The van der Waals surface area contributed by atoms with Gasteiger partial charge in [-0.3, -0.25) is 14.9 Å². The second kappa shape index (κ2) is 11.0. The van der Waals surface area contributed by atoms with E-state index in [1.165, 1.54) is 24.3 Å². The summed E-state index contributed by atoms with van der Waals surface area (Å²) < 4.78 is 19.4. The molecule has 3 aromatic carbocycles. The minimum atomic E-state index is -0.428. The van der Waals surface area contributed by atoms with Crippen LogP contribution in [0.3, 0.4) is 0 Å². The van der Waals surface area contributed by atoms with Crippen LogP contribution in [-0.2, 0) is 0 Å². The van der Waals surface area contributed by atoms with E-state index in [1.807, 2.05) is 30.3 Å². The van der Waals surface area contributed by atoms with Crippen molar-refractivity contribution in [3.8, 4) is 5.75 Å². The lowest BCUT2D eigenvalue weighted by Crippen LogP contribution is -2.37. The zero-order chi connectivity index (χ0) is 23.9. The van der Waals surface area contributed by atoms with Gasteiger partial charge in [-0.2, -0.15) is 0 Å². The number of benzene rings is 3. The van der Waals surface area contributed by atoms with Crippen LogP contribution < -0.4 is 4.74 Å². The smallest absolute Gasteiger partial charge is 0.269 e. The first-order valence-electron chi connectivity index (χ1n) is 11.5. The molecule has 7 heteroatoms. The van der Waals surface area contributed by atoms with Crippen molar-refractivity contribution in [1.29, 1.82) is 0 Å². The quantitative estimate of drug-likeness (QED) is 0.227. The first-order valence-corrected chi connectivity index (χ1v) is 11.5. The molecule has 4 rings (SSSR count). The molecule has 3 aromatic rings. The Bertz CT molecular complexity index is 1100. The number of rotatable bonds is 9. The molecule has 6 nitrogen and oxygen atoms in total. The number of carbonyl (C=O) groups is 1.